The summed E-state index contributed by atoms with van der Waals surface area (Å²) < 4.78 is 26.4. The Labute approximate surface area is 102 Å². The van der Waals surface area contributed by atoms with Crippen LogP contribution in [0.2, 0.25) is 0 Å². The fourth-order valence-electron chi connectivity index (χ4n) is 1.36. The van der Waals surface area contributed by atoms with Gasteiger partial charge in [-0.15, -0.1) is 0 Å². The van der Waals surface area contributed by atoms with Crippen molar-refractivity contribution in [3.05, 3.63) is 29.8 Å². The second-order valence-electron chi connectivity index (χ2n) is 3.51. The summed E-state index contributed by atoms with van der Waals surface area (Å²) in [7, 11) is -3.33. The van der Waals surface area contributed by atoms with Gasteiger partial charge in [-0.05, 0) is 37.0 Å². The van der Waals surface area contributed by atoms with E-state index in [0.29, 0.717) is 11.4 Å². The Morgan fingerprint density at radius 3 is 2.62 bits per heavy atom. The van der Waals surface area contributed by atoms with Gasteiger partial charge in [-0.2, -0.15) is 11.8 Å². The van der Waals surface area contributed by atoms with E-state index < -0.39 is 10.0 Å². The van der Waals surface area contributed by atoms with E-state index in [4.69, 9.17) is 0 Å². The number of rotatable bonds is 6. The zero-order valence-electron chi connectivity index (χ0n) is 9.56. The molecular weight excluding hydrogens is 242 g/mol. The van der Waals surface area contributed by atoms with Gasteiger partial charge in [0.15, 0.2) is 0 Å². The van der Waals surface area contributed by atoms with E-state index in [1.54, 1.807) is 36.9 Å². The molecule has 0 saturated heterocycles. The topological polar surface area (TPSA) is 46.2 Å². The third kappa shape index (κ3) is 3.81. The van der Waals surface area contributed by atoms with Gasteiger partial charge in [-0.3, -0.25) is 0 Å². The molecule has 1 aromatic rings. The molecule has 0 heterocycles. The maximum absolute atomic E-state index is 11.9. The van der Waals surface area contributed by atoms with Crippen LogP contribution in [0.5, 0.6) is 0 Å². The van der Waals surface area contributed by atoms with Crippen LogP contribution in [0.4, 0.5) is 0 Å². The minimum atomic E-state index is -3.33. The van der Waals surface area contributed by atoms with Crippen LogP contribution in [-0.4, -0.2) is 27.0 Å². The van der Waals surface area contributed by atoms with Crippen molar-refractivity contribution in [2.24, 2.45) is 0 Å². The first-order chi connectivity index (χ1) is 7.58. The molecule has 5 heteroatoms. The molecule has 0 spiro atoms. The van der Waals surface area contributed by atoms with Gasteiger partial charge < -0.3 is 0 Å². The molecule has 0 fully saturated rings. The van der Waals surface area contributed by atoms with E-state index in [2.05, 4.69) is 4.72 Å². The van der Waals surface area contributed by atoms with Gasteiger partial charge in [-0.1, -0.05) is 18.2 Å². The van der Waals surface area contributed by atoms with E-state index in [0.717, 1.165) is 17.7 Å². The molecule has 0 saturated carbocycles. The molecule has 1 N–H and O–H groups in total. The Morgan fingerprint density at radius 1 is 1.31 bits per heavy atom. The van der Waals surface area contributed by atoms with E-state index in [-0.39, 0.29) is 0 Å². The highest BCUT2D eigenvalue weighted by Crippen LogP contribution is 2.13. The number of thioether (sulfide) groups is 1. The number of nitrogens with one attached hydrogen (secondary N) is 1. The van der Waals surface area contributed by atoms with Gasteiger partial charge in [0.2, 0.25) is 10.0 Å². The number of hydrogen-bond donors (Lipinski definition) is 1. The minimum absolute atomic E-state index is 0.374. The first-order valence-corrected chi connectivity index (χ1v) is 8.00. The van der Waals surface area contributed by atoms with Crippen LogP contribution in [0.15, 0.2) is 29.2 Å². The highest BCUT2D eigenvalue weighted by Gasteiger charge is 2.14. The van der Waals surface area contributed by atoms with Crippen LogP contribution >= 0.6 is 11.8 Å². The van der Waals surface area contributed by atoms with Crippen molar-refractivity contribution in [2.45, 2.75) is 18.2 Å². The predicted molar refractivity (Wildman–Crippen MR) is 69.4 cm³/mol. The number of aryl methyl sites for hydroxylation is 1. The van der Waals surface area contributed by atoms with Crippen molar-refractivity contribution in [3.63, 3.8) is 0 Å². The fourth-order valence-corrected chi connectivity index (χ4v) is 3.11. The average Bonchev–Trinajstić information content (AvgIpc) is 2.25. The van der Waals surface area contributed by atoms with Crippen LogP contribution < -0.4 is 4.72 Å². The normalized spacial score (nSPS) is 11.6. The molecule has 1 aromatic carbocycles. The molecule has 0 aliphatic carbocycles. The largest absolute Gasteiger partial charge is 0.240 e. The first kappa shape index (κ1) is 13.5. The van der Waals surface area contributed by atoms with Crippen molar-refractivity contribution >= 4 is 21.8 Å². The third-order valence-electron chi connectivity index (χ3n) is 2.20. The standard InChI is InChI=1S/C11H17NO2S2/c1-10-6-3-4-7-11(10)16(13,14)12-8-5-9-15-2/h3-4,6-7,12H,5,8-9H2,1-2H3. The molecule has 0 bridgehead atoms. The van der Waals surface area contributed by atoms with Crippen molar-refractivity contribution in [1.82, 2.24) is 4.72 Å². The SMILES string of the molecule is CSCCCNS(=O)(=O)c1ccccc1C. The Kier molecular flexibility index (Phi) is 5.31. The number of hydrogen-bond acceptors (Lipinski definition) is 3. The van der Waals surface area contributed by atoms with E-state index >= 15 is 0 Å². The third-order valence-corrected chi connectivity index (χ3v) is 4.52. The van der Waals surface area contributed by atoms with Crippen molar-refractivity contribution in [2.75, 3.05) is 18.6 Å². The van der Waals surface area contributed by atoms with Gasteiger partial charge in [0.05, 0.1) is 4.90 Å². The lowest BCUT2D eigenvalue weighted by Gasteiger charge is -2.08. The van der Waals surface area contributed by atoms with E-state index in [9.17, 15) is 8.42 Å². The van der Waals surface area contributed by atoms with Crippen LogP contribution in [0.3, 0.4) is 0 Å². The quantitative estimate of drug-likeness (QED) is 0.795. The summed E-state index contributed by atoms with van der Waals surface area (Å²) in [6, 6.07) is 7.01. The molecule has 0 amide bonds. The van der Waals surface area contributed by atoms with E-state index in [1.807, 2.05) is 12.3 Å². The van der Waals surface area contributed by atoms with Crippen LogP contribution in [-0.2, 0) is 10.0 Å². The lowest BCUT2D eigenvalue weighted by molar-refractivity contribution is 0.580. The van der Waals surface area contributed by atoms with Gasteiger partial charge >= 0.3 is 0 Å². The summed E-state index contributed by atoms with van der Waals surface area (Å²) in [5, 5.41) is 0. The van der Waals surface area contributed by atoms with Crippen LogP contribution in [0, 0.1) is 6.92 Å². The van der Waals surface area contributed by atoms with Gasteiger partial charge in [0, 0.05) is 6.54 Å². The summed E-state index contributed by atoms with van der Waals surface area (Å²) in [5.41, 5.74) is 0.778. The molecule has 3 nitrogen and oxygen atoms in total. The molecule has 0 radical (unpaired) electrons. The average molecular weight is 259 g/mol. The second-order valence-corrected chi connectivity index (χ2v) is 6.23. The molecular formula is C11H17NO2S2. The molecule has 0 aromatic heterocycles. The highest BCUT2D eigenvalue weighted by molar-refractivity contribution is 7.98. The molecule has 1 rings (SSSR count). The monoisotopic (exact) mass is 259 g/mol. The maximum atomic E-state index is 11.9. The van der Waals surface area contributed by atoms with Gasteiger partial charge in [0.25, 0.3) is 0 Å². The van der Waals surface area contributed by atoms with Gasteiger partial charge in [-0.25, -0.2) is 13.1 Å². The Bertz CT molecular complexity index is 429. The van der Waals surface area contributed by atoms with Crippen molar-refractivity contribution in [3.8, 4) is 0 Å². The Morgan fingerprint density at radius 2 is 2.00 bits per heavy atom. The number of sulfonamides is 1. The summed E-state index contributed by atoms with van der Waals surface area (Å²) in [6.45, 7) is 2.30. The summed E-state index contributed by atoms with van der Waals surface area (Å²) in [4.78, 5) is 0.374. The smallest absolute Gasteiger partial charge is 0.211 e. The zero-order valence-corrected chi connectivity index (χ0v) is 11.2. The lowest BCUT2D eigenvalue weighted by Crippen LogP contribution is -2.25. The molecule has 90 valence electrons. The first-order valence-electron chi connectivity index (χ1n) is 5.12. The zero-order chi connectivity index (χ0) is 12.0. The van der Waals surface area contributed by atoms with Gasteiger partial charge in [0.1, 0.15) is 0 Å². The molecule has 0 atom stereocenters. The molecule has 0 aliphatic rings. The van der Waals surface area contributed by atoms with Crippen molar-refractivity contribution < 1.29 is 8.42 Å². The fraction of sp³-hybridized carbons (Fsp3) is 0.455. The summed E-state index contributed by atoms with van der Waals surface area (Å²) in [5.74, 6) is 0.969. The highest BCUT2D eigenvalue weighted by atomic mass is 32.2. The molecule has 16 heavy (non-hydrogen) atoms. The Balaban J connectivity index is 2.68. The molecule has 0 unspecified atom stereocenters. The summed E-state index contributed by atoms with van der Waals surface area (Å²) in [6.07, 6.45) is 2.86. The summed E-state index contributed by atoms with van der Waals surface area (Å²) >= 11 is 1.72. The maximum Gasteiger partial charge on any atom is 0.240 e. The minimum Gasteiger partial charge on any atom is -0.211 e. The van der Waals surface area contributed by atoms with Crippen LogP contribution in [0.25, 0.3) is 0 Å². The second kappa shape index (κ2) is 6.27. The lowest BCUT2D eigenvalue weighted by atomic mass is 10.2. The van der Waals surface area contributed by atoms with Crippen LogP contribution in [0.1, 0.15) is 12.0 Å². The predicted octanol–water partition coefficient (Wildman–Crippen LogP) is 2.03. The molecule has 0 aliphatic heterocycles. The number of benzene rings is 1. The van der Waals surface area contributed by atoms with Crippen molar-refractivity contribution in [1.29, 1.82) is 0 Å². The van der Waals surface area contributed by atoms with E-state index in [1.165, 1.54) is 0 Å². The Hall–Kier alpha value is -0.520.